The van der Waals surface area contributed by atoms with E-state index in [2.05, 4.69) is 39.6 Å². The summed E-state index contributed by atoms with van der Waals surface area (Å²) in [6.07, 6.45) is 4.96. The lowest BCUT2D eigenvalue weighted by atomic mass is 9.91. The topological polar surface area (TPSA) is 64.3 Å². The highest BCUT2D eigenvalue weighted by Gasteiger charge is 2.40. The van der Waals surface area contributed by atoms with Crippen LogP contribution < -0.4 is 5.32 Å². The van der Waals surface area contributed by atoms with Crippen molar-refractivity contribution in [2.45, 2.75) is 37.8 Å². The van der Waals surface area contributed by atoms with E-state index in [9.17, 15) is 4.79 Å². The molecule has 1 aromatic heterocycles. The van der Waals surface area contributed by atoms with E-state index in [1.54, 1.807) is 0 Å². The third-order valence-electron chi connectivity index (χ3n) is 6.12. The van der Waals surface area contributed by atoms with Gasteiger partial charge < -0.3 is 10.2 Å². The summed E-state index contributed by atoms with van der Waals surface area (Å²) < 4.78 is 0. The van der Waals surface area contributed by atoms with Crippen molar-refractivity contribution in [1.82, 2.24) is 20.0 Å². The molecule has 2 N–H and O–H groups in total. The molecule has 3 aliphatic heterocycles. The minimum Gasteiger partial charge on any atom is -0.385 e. The molecule has 1 aromatic carbocycles. The number of benzene rings is 1. The number of carbonyl (C=O) groups is 1. The van der Waals surface area contributed by atoms with E-state index in [0.717, 1.165) is 48.6 Å². The molecule has 4 aliphatic rings. The highest BCUT2D eigenvalue weighted by Crippen LogP contribution is 2.31. The fourth-order valence-electron chi connectivity index (χ4n) is 4.30. The number of aromatic amines is 1. The summed E-state index contributed by atoms with van der Waals surface area (Å²) in [4.78, 5) is 17.6. The van der Waals surface area contributed by atoms with E-state index in [4.69, 9.17) is 0 Å². The lowest BCUT2D eigenvalue weighted by Crippen LogP contribution is -2.62. The lowest BCUT2D eigenvalue weighted by Gasteiger charge is -2.50. The molecule has 2 bridgehead atoms. The van der Waals surface area contributed by atoms with E-state index in [0.29, 0.717) is 17.8 Å². The second-order valence-electron chi connectivity index (χ2n) is 7.94. The first-order valence-corrected chi connectivity index (χ1v) is 9.42. The number of piperazine rings is 1. The number of nitrogens with one attached hydrogen (secondary N) is 2. The largest absolute Gasteiger partial charge is 0.385 e. The van der Waals surface area contributed by atoms with Crippen molar-refractivity contribution in [2.75, 3.05) is 32.0 Å². The number of aromatic nitrogens is 2. The third kappa shape index (κ3) is 2.68. The Bertz CT molecular complexity index is 811. The van der Waals surface area contributed by atoms with Crippen LogP contribution in [-0.2, 0) is 0 Å². The molecule has 4 fully saturated rings. The van der Waals surface area contributed by atoms with Crippen LogP contribution in [-0.4, -0.2) is 64.7 Å². The predicted molar refractivity (Wildman–Crippen MR) is 97.8 cm³/mol. The van der Waals surface area contributed by atoms with E-state index in [1.165, 1.54) is 19.3 Å². The number of hydrogen-bond donors (Lipinski definition) is 2. The molecule has 2 aromatic rings. The number of fused-ring (bicyclic) bond motifs is 4. The average molecular weight is 339 g/mol. The van der Waals surface area contributed by atoms with Gasteiger partial charge in [-0.05, 0) is 56.8 Å². The second kappa shape index (κ2) is 5.73. The maximum absolute atomic E-state index is 13.2. The highest BCUT2D eigenvalue weighted by atomic mass is 16.2. The van der Waals surface area contributed by atoms with E-state index in [-0.39, 0.29) is 5.91 Å². The summed E-state index contributed by atoms with van der Waals surface area (Å²) in [6.45, 7) is 2.83. The smallest absolute Gasteiger partial charge is 0.275 e. The van der Waals surface area contributed by atoms with Crippen molar-refractivity contribution < 1.29 is 4.79 Å². The summed E-state index contributed by atoms with van der Waals surface area (Å²) >= 11 is 0. The van der Waals surface area contributed by atoms with Gasteiger partial charge in [0.05, 0.1) is 5.52 Å². The molecule has 0 spiro atoms. The summed E-state index contributed by atoms with van der Waals surface area (Å²) in [6, 6.07) is 6.97. The number of amides is 1. The molecule has 6 heteroatoms. The zero-order chi connectivity index (χ0) is 17.0. The Morgan fingerprint density at radius 2 is 2.08 bits per heavy atom. The number of piperidine rings is 2. The van der Waals surface area contributed by atoms with Gasteiger partial charge in [0.1, 0.15) is 0 Å². The Morgan fingerprint density at radius 1 is 1.24 bits per heavy atom. The summed E-state index contributed by atoms with van der Waals surface area (Å²) in [5.74, 6) is 0.899. The van der Waals surface area contributed by atoms with Gasteiger partial charge in [-0.3, -0.25) is 14.8 Å². The second-order valence-corrected chi connectivity index (χ2v) is 7.94. The Morgan fingerprint density at radius 3 is 2.80 bits per heavy atom. The Balaban J connectivity index is 1.41. The van der Waals surface area contributed by atoms with Crippen LogP contribution in [0.3, 0.4) is 0 Å². The number of rotatable bonds is 4. The van der Waals surface area contributed by atoms with Gasteiger partial charge in [-0.25, -0.2) is 0 Å². The molecule has 6 nitrogen and oxygen atoms in total. The van der Waals surface area contributed by atoms with Crippen LogP contribution in [0, 0.1) is 5.92 Å². The molecular weight excluding hydrogens is 314 g/mol. The SMILES string of the molecule is CN1CC2CCC1CN2C(=O)c1n[nH]c2ccc(NCC3CC3)cc12. The zero-order valence-electron chi connectivity index (χ0n) is 14.7. The maximum Gasteiger partial charge on any atom is 0.275 e. The highest BCUT2D eigenvalue weighted by molar-refractivity contribution is 6.05. The van der Waals surface area contributed by atoms with Gasteiger partial charge in [0.15, 0.2) is 5.69 Å². The molecule has 2 unspecified atom stereocenters. The Labute approximate surface area is 147 Å². The molecule has 132 valence electrons. The van der Waals surface area contributed by atoms with Gasteiger partial charge in [-0.2, -0.15) is 5.10 Å². The maximum atomic E-state index is 13.2. The van der Waals surface area contributed by atoms with Gasteiger partial charge in [-0.15, -0.1) is 0 Å². The van der Waals surface area contributed by atoms with Crippen LogP contribution in [0.1, 0.15) is 36.2 Å². The van der Waals surface area contributed by atoms with Crippen molar-refractivity contribution in [3.05, 3.63) is 23.9 Å². The van der Waals surface area contributed by atoms with Gasteiger partial charge in [0, 0.05) is 42.8 Å². The number of carbonyl (C=O) groups excluding carboxylic acids is 1. The van der Waals surface area contributed by atoms with Crippen molar-refractivity contribution >= 4 is 22.5 Å². The molecule has 4 heterocycles. The van der Waals surface area contributed by atoms with Gasteiger partial charge in [-0.1, -0.05) is 0 Å². The van der Waals surface area contributed by atoms with Gasteiger partial charge >= 0.3 is 0 Å². The normalized spacial score (nSPS) is 26.4. The number of hydrogen-bond acceptors (Lipinski definition) is 4. The molecule has 2 atom stereocenters. The monoisotopic (exact) mass is 339 g/mol. The number of H-pyrrole nitrogens is 1. The number of nitrogens with zero attached hydrogens (tertiary/aromatic N) is 3. The third-order valence-corrected chi connectivity index (χ3v) is 6.12. The van der Waals surface area contributed by atoms with Gasteiger partial charge in [0.25, 0.3) is 5.91 Å². The van der Waals surface area contributed by atoms with E-state index < -0.39 is 0 Å². The fourth-order valence-corrected chi connectivity index (χ4v) is 4.30. The van der Waals surface area contributed by atoms with Crippen LogP contribution in [0.25, 0.3) is 10.9 Å². The van der Waals surface area contributed by atoms with Crippen LogP contribution >= 0.6 is 0 Å². The molecular formula is C19H25N5O. The number of anilines is 1. The first-order chi connectivity index (χ1) is 12.2. The molecule has 1 aliphatic carbocycles. The molecule has 1 saturated carbocycles. The van der Waals surface area contributed by atoms with Gasteiger partial charge in [0.2, 0.25) is 0 Å². The summed E-state index contributed by atoms with van der Waals surface area (Å²) in [5, 5.41) is 11.8. The Hall–Kier alpha value is -2.08. The minimum atomic E-state index is 0.0772. The molecule has 1 amide bonds. The van der Waals surface area contributed by atoms with Crippen LogP contribution in [0.4, 0.5) is 5.69 Å². The van der Waals surface area contributed by atoms with Crippen LogP contribution in [0.2, 0.25) is 0 Å². The van der Waals surface area contributed by atoms with Crippen molar-refractivity contribution in [3.63, 3.8) is 0 Å². The first kappa shape index (κ1) is 15.2. The molecule has 25 heavy (non-hydrogen) atoms. The molecule has 0 radical (unpaired) electrons. The molecule has 3 saturated heterocycles. The average Bonchev–Trinajstić information content (AvgIpc) is 3.37. The van der Waals surface area contributed by atoms with Crippen LogP contribution in [0.5, 0.6) is 0 Å². The van der Waals surface area contributed by atoms with Crippen molar-refractivity contribution in [2.24, 2.45) is 5.92 Å². The standard InChI is InChI=1S/C19H25N5O/c1-23-10-15-6-5-14(23)11-24(15)19(25)18-16-8-13(20-9-12-2-3-12)4-7-17(16)21-22-18/h4,7-8,12,14-15,20H,2-3,5-6,9-11H2,1H3,(H,21,22). The van der Waals surface area contributed by atoms with E-state index in [1.807, 2.05) is 11.0 Å². The van der Waals surface area contributed by atoms with Crippen molar-refractivity contribution in [1.29, 1.82) is 0 Å². The quantitative estimate of drug-likeness (QED) is 0.897. The first-order valence-electron chi connectivity index (χ1n) is 9.42. The van der Waals surface area contributed by atoms with E-state index >= 15 is 0 Å². The summed E-state index contributed by atoms with van der Waals surface area (Å²) in [7, 11) is 2.17. The zero-order valence-corrected chi connectivity index (χ0v) is 14.7. The summed E-state index contributed by atoms with van der Waals surface area (Å²) in [5.41, 5.74) is 2.58. The number of likely N-dealkylation sites (N-methyl/N-ethyl adjacent to an activating group) is 1. The minimum absolute atomic E-state index is 0.0772. The molecule has 6 rings (SSSR count). The Kier molecular flexibility index (Phi) is 3.48. The van der Waals surface area contributed by atoms with Crippen molar-refractivity contribution in [3.8, 4) is 0 Å². The van der Waals surface area contributed by atoms with Crippen LogP contribution in [0.15, 0.2) is 18.2 Å². The predicted octanol–water partition coefficient (Wildman–Crippen LogP) is 2.30. The lowest BCUT2D eigenvalue weighted by molar-refractivity contribution is -0.000327. The fraction of sp³-hybridized carbons (Fsp3) is 0.579.